The van der Waals surface area contributed by atoms with Crippen LogP contribution in [-0.2, 0) is 16.0 Å². The van der Waals surface area contributed by atoms with Crippen molar-refractivity contribution in [1.29, 1.82) is 0 Å². The van der Waals surface area contributed by atoms with Crippen molar-refractivity contribution in [2.45, 2.75) is 31.9 Å². The van der Waals surface area contributed by atoms with Gasteiger partial charge in [-0.25, -0.2) is 0 Å². The van der Waals surface area contributed by atoms with Gasteiger partial charge in [0, 0.05) is 18.5 Å². The molecule has 0 spiro atoms. The molecule has 0 aromatic heterocycles. The molecule has 2 aliphatic heterocycles. The summed E-state index contributed by atoms with van der Waals surface area (Å²) in [5.41, 5.74) is 2.48. The van der Waals surface area contributed by atoms with Gasteiger partial charge in [-0.15, -0.1) is 0 Å². The Bertz CT molecular complexity index is 1030. The Morgan fingerprint density at radius 2 is 1.90 bits per heavy atom. The number of ether oxygens (including phenoxy) is 1. The zero-order valence-corrected chi connectivity index (χ0v) is 18.2. The van der Waals surface area contributed by atoms with Gasteiger partial charge in [0.2, 0.25) is 0 Å². The van der Waals surface area contributed by atoms with E-state index in [4.69, 9.17) is 4.74 Å². The molecule has 31 heavy (non-hydrogen) atoms. The predicted octanol–water partition coefficient (Wildman–Crippen LogP) is 3.38. The molecule has 0 aliphatic carbocycles. The highest BCUT2D eigenvalue weighted by Crippen LogP contribution is 2.40. The fourth-order valence-electron chi connectivity index (χ4n) is 4.37. The minimum Gasteiger partial charge on any atom is -0.507 e. The second kappa shape index (κ2) is 8.55. The number of Topliss-reactive ketones (excluding diaryl/α,β-unsaturated/α-hetero) is 1. The van der Waals surface area contributed by atoms with Crippen molar-refractivity contribution in [3.05, 3.63) is 70.8 Å². The lowest BCUT2D eigenvalue weighted by Gasteiger charge is -2.26. The van der Waals surface area contributed by atoms with Gasteiger partial charge in [0.15, 0.2) is 0 Å². The summed E-state index contributed by atoms with van der Waals surface area (Å²) >= 11 is 0. The molecule has 6 nitrogen and oxygen atoms in total. The van der Waals surface area contributed by atoms with Crippen LogP contribution in [0.3, 0.4) is 0 Å². The third-order valence-electron chi connectivity index (χ3n) is 5.83. The molecule has 0 bridgehead atoms. The van der Waals surface area contributed by atoms with E-state index in [9.17, 15) is 14.7 Å². The number of amides is 1. The van der Waals surface area contributed by atoms with Crippen LogP contribution < -0.4 is 4.74 Å². The van der Waals surface area contributed by atoms with Crippen LogP contribution in [0, 0.1) is 0 Å². The molecule has 4 rings (SSSR count). The number of carbonyl (C=O) groups excluding carboxylic acids is 2. The molecule has 2 aliphatic rings. The van der Waals surface area contributed by atoms with Crippen molar-refractivity contribution < 1.29 is 19.4 Å². The smallest absolute Gasteiger partial charge is 0.295 e. The van der Waals surface area contributed by atoms with Crippen molar-refractivity contribution in [2.75, 3.05) is 27.2 Å². The summed E-state index contributed by atoms with van der Waals surface area (Å²) < 4.78 is 5.75. The normalized spacial score (nSPS) is 22.1. The molecule has 6 heteroatoms. The van der Waals surface area contributed by atoms with Crippen LogP contribution in [0.15, 0.2) is 54.1 Å². The first kappa shape index (κ1) is 21.1. The second-order valence-corrected chi connectivity index (χ2v) is 8.52. The predicted molar refractivity (Wildman–Crippen MR) is 119 cm³/mol. The zero-order chi connectivity index (χ0) is 22.1. The van der Waals surface area contributed by atoms with Crippen molar-refractivity contribution in [3.63, 3.8) is 0 Å². The number of hydrogen-bond donors (Lipinski definition) is 1. The van der Waals surface area contributed by atoms with Gasteiger partial charge in [0.25, 0.3) is 11.7 Å². The van der Waals surface area contributed by atoms with Crippen molar-refractivity contribution >= 4 is 17.4 Å². The lowest BCUT2D eigenvalue weighted by molar-refractivity contribution is -0.139. The molecule has 0 saturated carbocycles. The molecule has 1 fully saturated rings. The van der Waals surface area contributed by atoms with Gasteiger partial charge >= 0.3 is 0 Å². The van der Waals surface area contributed by atoms with Gasteiger partial charge in [0.05, 0.1) is 11.6 Å². The van der Waals surface area contributed by atoms with Crippen molar-refractivity contribution in [1.82, 2.24) is 9.80 Å². The van der Waals surface area contributed by atoms with Crippen LogP contribution in [0.25, 0.3) is 5.76 Å². The highest BCUT2D eigenvalue weighted by atomic mass is 16.5. The quantitative estimate of drug-likeness (QED) is 0.441. The molecule has 0 radical (unpaired) electrons. The molecule has 2 atom stereocenters. The summed E-state index contributed by atoms with van der Waals surface area (Å²) in [4.78, 5) is 29.6. The monoisotopic (exact) mass is 420 g/mol. The van der Waals surface area contributed by atoms with Crippen LogP contribution in [0.1, 0.15) is 36.1 Å². The Morgan fingerprint density at radius 3 is 2.61 bits per heavy atom. The van der Waals surface area contributed by atoms with E-state index in [2.05, 4.69) is 0 Å². The number of carbonyl (C=O) groups is 2. The first-order valence-corrected chi connectivity index (χ1v) is 10.6. The molecular formula is C25H28N2O4. The summed E-state index contributed by atoms with van der Waals surface area (Å²) in [6, 6.07) is 14.2. The SMILES string of the molecule is CC1Cc2cc(C(O)=C3C(=O)C(=O)N(CCCN(C)C)C3c3ccccc3)ccc2O1. The Labute approximate surface area is 182 Å². The Morgan fingerprint density at radius 1 is 1.16 bits per heavy atom. The molecule has 1 N–H and O–H groups in total. The lowest BCUT2D eigenvalue weighted by Crippen LogP contribution is -2.32. The van der Waals surface area contributed by atoms with Crippen LogP contribution in [0.2, 0.25) is 0 Å². The van der Waals surface area contributed by atoms with Crippen molar-refractivity contribution in [3.8, 4) is 5.75 Å². The number of benzene rings is 2. The first-order chi connectivity index (χ1) is 14.9. The van der Waals surface area contributed by atoms with Gasteiger partial charge in [0.1, 0.15) is 17.6 Å². The van der Waals surface area contributed by atoms with Gasteiger partial charge in [-0.05, 0) is 63.3 Å². The van der Waals surface area contributed by atoms with E-state index in [0.29, 0.717) is 12.1 Å². The Kier molecular flexibility index (Phi) is 5.83. The number of ketones is 1. The second-order valence-electron chi connectivity index (χ2n) is 8.52. The standard InChI is InChI=1S/C25H28N2O4/c1-16-14-19-15-18(10-11-20(19)31-16)23(28)21-22(17-8-5-4-6-9-17)27(25(30)24(21)29)13-7-12-26(2)3/h4-6,8-11,15-16,22,28H,7,12-14H2,1-3H3. The third-order valence-corrected chi connectivity index (χ3v) is 5.83. The topological polar surface area (TPSA) is 70.1 Å². The fourth-order valence-corrected chi connectivity index (χ4v) is 4.37. The van der Waals surface area contributed by atoms with E-state index in [1.807, 2.05) is 68.4 Å². The fraction of sp³-hybridized carbons (Fsp3) is 0.360. The summed E-state index contributed by atoms with van der Waals surface area (Å²) in [6.07, 6.45) is 1.56. The number of aliphatic hydroxyl groups is 1. The van der Waals surface area contributed by atoms with Crippen LogP contribution in [0.5, 0.6) is 5.75 Å². The van der Waals surface area contributed by atoms with E-state index < -0.39 is 17.7 Å². The van der Waals surface area contributed by atoms with Gasteiger partial charge < -0.3 is 19.6 Å². The number of nitrogens with zero attached hydrogens (tertiary/aromatic N) is 2. The largest absolute Gasteiger partial charge is 0.507 e. The minimum absolute atomic E-state index is 0.0824. The van der Waals surface area contributed by atoms with Crippen LogP contribution in [-0.4, -0.2) is 59.9 Å². The number of aliphatic hydroxyl groups excluding tert-OH is 1. The zero-order valence-electron chi connectivity index (χ0n) is 18.2. The molecule has 1 saturated heterocycles. The van der Waals surface area contributed by atoms with E-state index in [-0.39, 0.29) is 17.4 Å². The maximum absolute atomic E-state index is 13.1. The molecular weight excluding hydrogens is 392 g/mol. The molecule has 162 valence electrons. The van der Waals surface area contributed by atoms with E-state index in [1.54, 1.807) is 11.0 Å². The summed E-state index contributed by atoms with van der Waals surface area (Å²) in [5, 5.41) is 11.2. The number of hydrogen-bond acceptors (Lipinski definition) is 5. The van der Waals surface area contributed by atoms with Crippen molar-refractivity contribution in [2.24, 2.45) is 0 Å². The lowest BCUT2D eigenvalue weighted by atomic mass is 9.94. The number of fused-ring (bicyclic) bond motifs is 1. The molecule has 1 amide bonds. The average Bonchev–Trinajstić information content (AvgIpc) is 3.24. The highest BCUT2D eigenvalue weighted by molar-refractivity contribution is 6.46. The minimum atomic E-state index is -0.638. The number of likely N-dealkylation sites (tertiary alicyclic amines) is 1. The van der Waals surface area contributed by atoms with Gasteiger partial charge in [-0.3, -0.25) is 9.59 Å². The summed E-state index contributed by atoms with van der Waals surface area (Å²) in [5.74, 6) is -0.536. The third kappa shape index (κ3) is 4.08. The highest BCUT2D eigenvalue weighted by Gasteiger charge is 2.45. The van der Waals surface area contributed by atoms with E-state index in [1.165, 1.54) is 0 Å². The van der Waals surface area contributed by atoms with E-state index in [0.717, 1.165) is 36.3 Å². The molecule has 2 aromatic carbocycles. The Balaban J connectivity index is 1.76. The molecule has 2 heterocycles. The Hall–Kier alpha value is -3.12. The average molecular weight is 421 g/mol. The number of rotatable bonds is 6. The summed E-state index contributed by atoms with van der Waals surface area (Å²) in [7, 11) is 3.95. The summed E-state index contributed by atoms with van der Waals surface area (Å²) in [6.45, 7) is 3.23. The molecule has 2 aromatic rings. The molecule has 2 unspecified atom stereocenters. The van der Waals surface area contributed by atoms with E-state index >= 15 is 0 Å². The first-order valence-electron chi connectivity index (χ1n) is 10.6. The maximum atomic E-state index is 13.1. The van der Waals surface area contributed by atoms with Crippen LogP contribution in [0.4, 0.5) is 0 Å². The van der Waals surface area contributed by atoms with Gasteiger partial charge in [-0.2, -0.15) is 0 Å². The van der Waals surface area contributed by atoms with Crippen LogP contribution >= 0.6 is 0 Å². The van der Waals surface area contributed by atoms with Gasteiger partial charge in [-0.1, -0.05) is 30.3 Å². The maximum Gasteiger partial charge on any atom is 0.295 e.